The quantitative estimate of drug-likeness (QED) is 0.644. The summed E-state index contributed by atoms with van der Waals surface area (Å²) in [4.78, 5) is 0. The first-order valence-corrected chi connectivity index (χ1v) is 5.16. The number of aromatic hydroxyl groups is 1. The number of benzene rings is 1. The third kappa shape index (κ3) is 12.7. The third-order valence-electron chi connectivity index (χ3n) is 1.16. The average molecular weight is 228 g/mol. The summed E-state index contributed by atoms with van der Waals surface area (Å²) in [6.07, 6.45) is 2.87. The van der Waals surface area contributed by atoms with Gasteiger partial charge in [0.15, 0.2) is 0 Å². The maximum Gasteiger partial charge on any atom is 0.122 e. The monoisotopic (exact) mass is 228 g/mol. The van der Waals surface area contributed by atoms with Crippen LogP contribution in [0.25, 0.3) is 6.08 Å². The Balaban J connectivity index is -0.0000000907. The van der Waals surface area contributed by atoms with Gasteiger partial charge in [-0.25, -0.2) is 0 Å². The molecule has 3 nitrogen and oxygen atoms in total. The molecule has 0 aliphatic rings. The number of phenols is 1. The fraction of sp³-hybridized carbons (Fsp3) is 0.385. The molecule has 3 heteroatoms. The van der Waals surface area contributed by atoms with Crippen LogP contribution in [0.2, 0.25) is 0 Å². The van der Waals surface area contributed by atoms with E-state index in [0.717, 1.165) is 5.56 Å². The van der Waals surface area contributed by atoms with Gasteiger partial charge < -0.3 is 17.4 Å². The summed E-state index contributed by atoms with van der Waals surface area (Å²) in [7, 11) is 0. The lowest BCUT2D eigenvalue weighted by molar-refractivity contribution is 0.474. The molecular formula is C13H28N2O. The lowest BCUT2D eigenvalue weighted by Crippen LogP contribution is -1.69. The van der Waals surface area contributed by atoms with Crippen molar-refractivity contribution in [2.45, 2.75) is 34.1 Å². The molecular weight excluding hydrogens is 200 g/mol. The topological polar surface area (TPSA) is 90.2 Å². The van der Waals surface area contributed by atoms with Gasteiger partial charge >= 0.3 is 0 Å². The Kier molecular flexibility index (Phi) is 29.0. The molecule has 16 heavy (non-hydrogen) atoms. The van der Waals surface area contributed by atoms with Gasteiger partial charge in [0.1, 0.15) is 5.75 Å². The number of rotatable bonds is 1. The van der Waals surface area contributed by atoms with E-state index < -0.39 is 0 Å². The Morgan fingerprint density at radius 3 is 1.75 bits per heavy atom. The summed E-state index contributed by atoms with van der Waals surface area (Å²) in [5.41, 5.74) is 0.775. The normalized spacial score (nSPS) is 6.50. The number of para-hydroxylation sites is 1. The highest BCUT2D eigenvalue weighted by Gasteiger charge is 1.89. The van der Waals surface area contributed by atoms with Crippen LogP contribution >= 0.6 is 0 Å². The number of phenolic OH excluding ortho intramolecular Hbond substituents is 1. The SMILES string of the molecule is C=Cc1ccccc1O.CC.CCC.N.N. The highest BCUT2D eigenvalue weighted by molar-refractivity contribution is 5.54. The molecule has 0 bridgehead atoms. The van der Waals surface area contributed by atoms with E-state index in [1.165, 1.54) is 6.42 Å². The minimum absolute atomic E-state index is 0. The van der Waals surface area contributed by atoms with Gasteiger partial charge in [-0.1, -0.05) is 65.0 Å². The van der Waals surface area contributed by atoms with Gasteiger partial charge in [-0.3, -0.25) is 0 Å². The van der Waals surface area contributed by atoms with Crippen LogP contribution < -0.4 is 12.3 Å². The maximum absolute atomic E-state index is 9.04. The standard InChI is InChI=1S/C8H8O.C3H8.C2H6.2H3N/c1-2-7-5-3-4-6-8(7)9;1-3-2;1-2;;/h2-6,9H,1H2;3H2,1-2H3;1-2H3;2*1H3. The van der Waals surface area contributed by atoms with E-state index in [9.17, 15) is 0 Å². The maximum atomic E-state index is 9.04. The lowest BCUT2D eigenvalue weighted by Gasteiger charge is -1.93. The molecule has 0 unspecified atom stereocenters. The van der Waals surface area contributed by atoms with Gasteiger partial charge in [0, 0.05) is 5.56 Å². The molecule has 96 valence electrons. The first kappa shape index (κ1) is 24.1. The van der Waals surface area contributed by atoms with E-state index in [2.05, 4.69) is 20.4 Å². The molecule has 0 amide bonds. The summed E-state index contributed by atoms with van der Waals surface area (Å²) in [6, 6.07) is 7.08. The van der Waals surface area contributed by atoms with Crippen LogP contribution in [0.15, 0.2) is 30.8 Å². The van der Waals surface area contributed by atoms with Gasteiger partial charge in [0.05, 0.1) is 0 Å². The van der Waals surface area contributed by atoms with Crippen LogP contribution in [-0.2, 0) is 0 Å². The second kappa shape index (κ2) is 19.3. The molecule has 0 spiro atoms. The zero-order valence-corrected chi connectivity index (χ0v) is 11.2. The summed E-state index contributed by atoms with van der Waals surface area (Å²) in [6.45, 7) is 11.8. The molecule has 0 radical (unpaired) electrons. The van der Waals surface area contributed by atoms with Gasteiger partial charge in [0.2, 0.25) is 0 Å². The molecule has 1 aromatic carbocycles. The van der Waals surface area contributed by atoms with Crippen molar-refractivity contribution in [3.8, 4) is 5.75 Å². The van der Waals surface area contributed by atoms with Crippen LogP contribution in [0.4, 0.5) is 0 Å². The Bertz CT molecular complexity index is 237. The zero-order valence-electron chi connectivity index (χ0n) is 11.2. The largest absolute Gasteiger partial charge is 0.507 e. The van der Waals surface area contributed by atoms with E-state index in [-0.39, 0.29) is 18.1 Å². The second-order valence-corrected chi connectivity index (χ2v) is 2.47. The Hall–Kier alpha value is -1.32. The fourth-order valence-electron chi connectivity index (χ4n) is 0.660. The minimum Gasteiger partial charge on any atom is -0.507 e. The van der Waals surface area contributed by atoms with Crippen LogP contribution in [0, 0.1) is 0 Å². The van der Waals surface area contributed by atoms with E-state index >= 15 is 0 Å². The summed E-state index contributed by atoms with van der Waals surface area (Å²) >= 11 is 0. The molecule has 0 aliphatic carbocycles. The predicted octanol–water partition coefficient (Wildman–Crippen LogP) is 4.80. The Morgan fingerprint density at radius 1 is 1.12 bits per heavy atom. The van der Waals surface area contributed by atoms with E-state index in [1.54, 1.807) is 18.2 Å². The molecule has 1 rings (SSSR count). The summed E-state index contributed by atoms with van der Waals surface area (Å²) < 4.78 is 0. The van der Waals surface area contributed by atoms with Crippen molar-refractivity contribution in [2.75, 3.05) is 0 Å². The molecule has 0 aromatic heterocycles. The second-order valence-electron chi connectivity index (χ2n) is 2.47. The highest BCUT2D eigenvalue weighted by atomic mass is 16.3. The van der Waals surface area contributed by atoms with Crippen LogP contribution in [0.3, 0.4) is 0 Å². The van der Waals surface area contributed by atoms with Crippen molar-refractivity contribution in [1.29, 1.82) is 0 Å². The van der Waals surface area contributed by atoms with Gasteiger partial charge in [-0.05, 0) is 6.07 Å². The first-order chi connectivity index (χ1) is 6.76. The first-order valence-electron chi connectivity index (χ1n) is 5.16. The van der Waals surface area contributed by atoms with Crippen LogP contribution in [-0.4, -0.2) is 5.11 Å². The van der Waals surface area contributed by atoms with Crippen molar-refractivity contribution in [3.05, 3.63) is 36.4 Å². The van der Waals surface area contributed by atoms with E-state index in [0.29, 0.717) is 0 Å². The molecule has 0 saturated carbocycles. The van der Waals surface area contributed by atoms with Crippen molar-refractivity contribution in [3.63, 3.8) is 0 Å². The molecule has 0 aliphatic heterocycles. The third-order valence-corrected chi connectivity index (χ3v) is 1.16. The highest BCUT2D eigenvalue weighted by Crippen LogP contribution is 2.15. The van der Waals surface area contributed by atoms with Crippen LogP contribution in [0.5, 0.6) is 5.75 Å². The smallest absolute Gasteiger partial charge is 0.122 e. The molecule has 0 fully saturated rings. The minimum atomic E-state index is 0. The molecule has 0 saturated heterocycles. The fourth-order valence-corrected chi connectivity index (χ4v) is 0.660. The van der Waals surface area contributed by atoms with Crippen molar-refractivity contribution < 1.29 is 5.11 Å². The van der Waals surface area contributed by atoms with E-state index in [1.807, 2.05) is 26.0 Å². The van der Waals surface area contributed by atoms with Crippen molar-refractivity contribution in [2.24, 2.45) is 0 Å². The number of hydrogen-bond acceptors (Lipinski definition) is 3. The van der Waals surface area contributed by atoms with Gasteiger partial charge in [-0.2, -0.15) is 0 Å². The predicted molar refractivity (Wildman–Crippen MR) is 75.6 cm³/mol. The van der Waals surface area contributed by atoms with Gasteiger partial charge in [-0.15, -0.1) is 0 Å². The Morgan fingerprint density at radius 2 is 1.50 bits per heavy atom. The average Bonchev–Trinajstić information content (AvgIpc) is 2.23. The summed E-state index contributed by atoms with van der Waals surface area (Å²) in [5, 5.41) is 9.04. The molecule has 0 heterocycles. The van der Waals surface area contributed by atoms with Crippen molar-refractivity contribution in [1.82, 2.24) is 12.3 Å². The number of hydrogen-bond donors (Lipinski definition) is 3. The zero-order chi connectivity index (χ0) is 11.4. The van der Waals surface area contributed by atoms with Gasteiger partial charge in [0.25, 0.3) is 0 Å². The van der Waals surface area contributed by atoms with Crippen LogP contribution in [0.1, 0.15) is 39.7 Å². The summed E-state index contributed by atoms with van der Waals surface area (Å²) in [5.74, 6) is 0.285. The molecule has 7 N–H and O–H groups in total. The lowest BCUT2D eigenvalue weighted by atomic mass is 10.2. The molecule has 1 aromatic rings. The van der Waals surface area contributed by atoms with Crippen molar-refractivity contribution >= 4 is 6.08 Å². The van der Waals surface area contributed by atoms with E-state index in [4.69, 9.17) is 5.11 Å². The Labute approximate surface area is 100 Å². The molecule has 0 atom stereocenters.